The molecule has 6 nitrogen and oxygen atoms in total. The number of aromatic nitrogens is 3. The lowest BCUT2D eigenvalue weighted by atomic mass is 9.99. The molecule has 1 amide bonds. The lowest BCUT2D eigenvalue weighted by Gasteiger charge is -2.30. The third-order valence-electron chi connectivity index (χ3n) is 6.17. The van der Waals surface area contributed by atoms with Crippen LogP contribution in [0.2, 0.25) is 0 Å². The van der Waals surface area contributed by atoms with Gasteiger partial charge >= 0.3 is 0 Å². The summed E-state index contributed by atoms with van der Waals surface area (Å²) in [4.78, 5) is 14.6. The number of carbonyl (C=O) groups excluding carboxylic acids is 1. The van der Waals surface area contributed by atoms with E-state index in [1.807, 2.05) is 29.2 Å². The molecule has 1 aliphatic rings. The Morgan fingerprint density at radius 2 is 1.82 bits per heavy atom. The van der Waals surface area contributed by atoms with E-state index in [2.05, 4.69) is 52.9 Å². The van der Waals surface area contributed by atoms with E-state index >= 15 is 0 Å². The summed E-state index contributed by atoms with van der Waals surface area (Å²) in [5, 5.41) is 9.83. The molecule has 1 aromatic heterocycles. The molecule has 0 spiro atoms. The first-order chi connectivity index (χ1) is 16.1. The number of nitrogens with zero attached hydrogens (tertiary/aromatic N) is 4. The molecule has 2 aromatic carbocycles. The highest BCUT2D eigenvalue weighted by molar-refractivity contribution is 7.99. The zero-order chi connectivity index (χ0) is 23.2. The molecule has 1 fully saturated rings. The van der Waals surface area contributed by atoms with Gasteiger partial charge in [-0.05, 0) is 44.2 Å². The van der Waals surface area contributed by atoms with E-state index in [4.69, 9.17) is 4.74 Å². The van der Waals surface area contributed by atoms with Crippen molar-refractivity contribution in [3.05, 3.63) is 54.1 Å². The van der Waals surface area contributed by atoms with E-state index in [1.165, 1.54) is 5.56 Å². The summed E-state index contributed by atoms with van der Waals surface area (Å²) in [6.45, 7) is 6.13. The number of rotatable bonds is 8. The Hall–Kier alpha value is -2.80. The van der Waals surface area contributed by atoms with Crippen LogP contribution < -0.4 is 4.74 Å². The van der Waals surface area contributed by atoms with Crippen molar-refractivity contribution in [3.8, 4) is 22.8 Å². The molecule has 0 saturated carbocycles. The number of benzene rings is 2. The van der Waals surface area contributed by atoms with Gasteiger partial charge in [0.2, 0.25) is 5.91 Å². The van der Waals surface area contributed by atoms with Gasteiger partial charge in [0.1, 0.15) is 5.75 Å². The number of para-hydroxylation sites is 2. The highest BCUT2D eigenvalue weighted by atomic mass is 32.2. The van der Waals surface area contributed by atoms with Crippen LogP contribution in [0.4, 0.5) is 0 Å². The lowest BCUT2D eigenvalue weighted by molar-refractivity contribution is -0.132. The van der Waals surface area contributed by atoms with Crippen LogP contribution in [0.5, 0.6) is 5.75 Å². The van der Waals surface area contributed by atoms with Crippen molar-refractivity contribution in [2.75, 3.05) is 26.0 Å². The van der Waals surface area contributed by atoms with Crippen LogP contribution in [0.1, 0.15) is 38.2 Å². The highest BCUT2D eigenvalue weighted by Crippen LogP contribution is 2.33. The molecule has 1 aliphatic heterocycles. The number of aryl methyl sites for hydroxylation is 1. The number of piperidine rings is 1. The van der Waals surface area contributed by atoms with Gasteiger partial charge in [-0.25, -0.2) is 0 Å². The molecule has 2 heterocycles. The molecular formula is C26H32N4O2S. The molecule has 0 bridgehead atoms. The van der Waals surface area contributed by atoms with Crippen LogP contribution in [-0.4, -0.2) is 51.5 Å². The zero-order valence-corrected chi connectivity index (χ0v) is 20.5. The quantitative estimate of drug-likeness (QED) is 0.331. The largest absolute Gasteiger partial charge is 0.495 e. The average molecular weight is 465 g/mol. The highest BCUT2D eigenvalue weighted by Gasteiger charge is 2.21. The van der Waals surface area contributed by atoms with Crippen molar-refractivity contribution in [2.24, 2.45) is 5.92 Å². The number of carbonyl (C=O) groups is 1. The fraction of sp³-hybridized carbons (Fsp3) is 0.423. The van der Waals surface area contributed by atoms with Crippen LogP contribution in [0.15, 0.2) is 53.7 Å². The number of hydrogen-bond donors (Lipinski definition) is 0. The van der Waals surface area contributed by atoms with E-state index < -0.39 is 0 Å². The molecule has 174 valence electrons. The normalized spacial score (nSPS) is 14.5. The van der Waals surface area contributed by atoms with Gasteiger partial charge in [0.25, 0.3) is 0 Å². The van der Waals surface area contributed by atoms with Gasteiger partial charge in [0.05, 0.1) is 12.8 Å². The van der Waals surface area contributed by atoms with Crippen molar-refractivity contribution < 1.29 is 9.53 Å². The number of thioether (sulfide) groups is 1. The van der Waals surface area contributed by atoms with Gasteiger partial charge in [0.15, 0.2) is 11.0 Å². The maximum atomic E-state index is 12.6. The van der Waals surface area contributed by atoms with Crippen LogP contribution in [0.3, 0.4) is 0 Å². The minimum absolute atomic E-state index is 0.272. The third kappa shape index (κ3) is 5.58. The molecule has 7 heteroatoms. The summed E-state index contributed by atoms with van der Waals surface area (Å²) >= 11 is 1.63. The summed E-state index contributed by atoms with van der Waals surface area (Å²) in [6, 6.07) is 16.2. The first kappa shape index (κ1) is 23.4. The topological polar surface area (TPSA) is 60.2 Å². The molecule has 33 heavy (non-hydrogen) atoms. The molecular weight excluding hydrogens is 432 g/mol. The van der Waals surface area contributed by atoms with Crippen molar-refractivity contribution in [3.63, 3.8) is 0 Å². The fourth-order valence-corrected chi connectivity index (χ4v) is 4.97. The standard InChI is InChI=1S/C26H32N4O2S/c1-19-10-12-21(13-11-19)25-27-28-26(30(25)22-7-4-5-8-23(22)32-3)33-18-6-9-24(31)29-16-14-20(2)15-17-29/h4-5,7-8,10-13,20H,6,9,14-18H2,1-3H3. The molecule has 4 rings (SSSR count). The Kier molecular flexibility index (Phi) is 7.70. The summed E-state index contributed by atoms with van der Waals surface area (Å²) < 4.78 is 7.69. The van der Waals surface area contributed by atoms with E-state index in [0.29, 0.717) is 6.42 Å². The Morgan fingerprint density at radius 1 is 1.09 bits per heavy atom. The van der Waals surface area contributed by atoms with E-state index in [1.54, 1.807) is 18.9 Å². The Morgan fingerprint density at radius 3 is 2.55 bits per heavy atom. The maximum Gasteiger partial charge on any atom is 0.222 e. The second kappa shape index (κ2) is 10.9. The van der Waals surface area contributed by atoms with E-state index in [9.17, 15) is 4.79 Å². The zero-order valence-electron chi connectivity index (χ0n) is 19.7. The predicted molar refractivity (Wildman–Crippen MR) is 133 cm³/mol. The van der Waals surface area contributed by atoms with Gasteiger partial charge in [-0.1, -0.05) is 60.6 Å². The molecule has 0 atom stereocenters. The van der Waals surface area contributed by atoms with Gasteiger partial charge in [-0.2, -0.15) is 0 Å². The number of ether oxygens (including phenoxy) is 1. The minimum Gasteiger partial charge on any atom is -0.495 e. The summed E-state index contributed by atoms with van der Waals surface area (Å²) in [5.41, 5.74) is 3.10. The van der Waals surface area contributed by atoms with Gasteiger partial charge in [-0.15, -0.1) is 10.2 Å². The first-order valence-electron chi connectivity index (χ1n) is 11.6. The third-order valence-corrected chi connectivity index (χ3v) is 7.19. The van der Waals surface area contributed by atoms with Gasteiger partial charge in [0, 0.05) is 30.8 Å². The monoisotopic (exact) mass is 464 g/mol. The first-order valence-corrected chi connectivity index (χ1v) is 12.6. The summed E-state index contributed by atoms with van der Waals surface area (Å²) in [7, 11) is 1.68. The van der Waals surface area contributed by atoms with E-state index in [-0.39, 0.29) is 5.91 Å². The molecule has 0 aliphatic carbocycles. The Bertz CT molecular complexity index is 1070. The van der Waals surface area contributed by atoms with Gasteiger partial charge < -0.3 is 9.64 Å². The van der Waals surface area contributed by atoms with Crippen molar-refractivity contribution in [1.29, 1.82) is 0 Å². The second-order valence-corrected chi connectivity index (χ2v) is 9.76. The Balaban J connectivity index is 1.50. The van der Waals surface area contributed by atoms with Crippen LogP contribution >= 0.6 is 11.8 Å². The SMILES string of the molecule is COc1ccccc1-n1c(SCCCC(=O)N2CCC(C)CC2)nnc1-c1ccc(C)cc1. The summed E-state index contributed by atoms with van der Waals surface area (Å²) in [6.07, 6.45) is 3.62. The molecule has 0 N–H and O–H groups in total. The molecule has 3 aromatic rings. The minimum atomic E-state index is 0.272. The number of amides is 1. The maximum absolute atomic E-state index is 12.6. The average Bonchev–Trinajstić information content (AvgIpc) is 3.26. The summed E-state index contributed by atoms with van der Waals surface area (Å²) in [5.74, 6) is 3.35. The number of methoxy groups -OCH3 is 1. The lowest BCUT2D eigenvalue weighted by Crippen LogP contribution is -2.37. The van der Waals surface area contributed by atoms with Crippen molar-refractivity contribution >= 4 is 17.7 Å². The Labute approximate surface area is 200 Å². The van der Waals surface area contributed by atoms with Crippen LogP contribution in [-0.2, 0) is 4.79 Å². The number of likely N-dealkylation sites (tertiary alicyclic amines) is 1. The molecule has 1 saturated heterocycles. The van der Waals surface area contributed by atoms with Crippen molar-refractivity contribution in [2.45, 2.75) is 44.7 Å². The fourth-order valence-electron chi connectivity index (χ4n) is 4.09. The smallest absolute Gasteiger partial charge is 0.222 e. The van der Waals surface area contributed by atoms with E-state index in [0.717, 1.165) is 72.0 Å². The predicted octanol–water partition coefficient (Wildman–Crippen LogP) is 5.38. The second-order valence-electron chi connectivity index (χ2n) is 8.69. The number of hydrogen-bond acceptors (Lipinski definition) is 5. The van der Waals surface area contributed by atoms with Crippen molar-refractivity contribution in [1.82, 2.24) is 19.7 Å². The van der Waals surface area contributed by atoms with Crippen LogP contribution in [0.25, 0.3) is 17.1 Å². The van der Waals surface area contributed by atoms with Gasteiger partial charge in [-0.3, -0.25) is 9.36 Å². The molecule has 0 unspecified atom stereocenters. The van der Waals surface area contributed by atoms with Crippen LogP contribution in [0, 0.1) is 12.8 Å². The molecule has 0 radical (unpaired) electrons.